The molecule has 0 unspecified atom stereocenters. The van der Waals surface area contributed by atoms with E-state index < -0.39 is 35.3 Å². The lowest BCUT2D eigenvalue weighted by Gasteiger charge is -2.38. The lowest BCUT2D eigenvalue weighted by atomic mass is 9.88. The van der Waals surface area contributed by atoms with Crippen LogP contribution in [0.25, 0.3) is 5.57 Å². The fraction of sp³-hybridized carbons (Fsp3) is 0.444. The topological polar surface area (TPSA) is 172 Å². The van der Waals surface area contributed by atoms with Gasteiger partial charge >= 0.3 is 0 Å². The van der Waals surface area contributed by atoms with Crippen LogP contribution in [0, 0.1) is 35.8 Å². The molecule has 4 N–H and O–H groups in total. The summed E-state index contributed by atoms with van der Waals surface area (Å²) in [7, 11) is 1.72. The lowest BCUT2D eigenvalue weighted by molar-refractivity contribution is -0.134. The number of halogens is 2. The monoisotopic (exact) mass is 835 g/mol. The number of benzene rings is 2. The van der Waals surface area contributed by atoms with Gasteiger partial charge in [0.1, 0.15) is 11.6 Å². The van der Waals surface area contributed by atoms with Gasteiger partial charge in [-0.3, -0.25) is 29.5 Å². The Morgan fingerprint density at radius 1 is 1.02 bits per heavy atom. The quantitative estimate of drug-likeness (QED) is 0.179. The molecule has 320 valence electrons. The minimum Gasteiger partial charge on any atom is -0.479 e. The van der Waals surface area contributed by atoms with E-state index in [-0.39, 0.29) is 42.2 Å². The Hall–Kier alpha value is -6.03. The van der Waals surface area contributed by atoms with Crippen molar-refractivity contribution >= 4 is 52.8 Å². The number of carbonyl (C=O) groups excluding carboxylic acids is 4. The third-order valence-corrected chi connectivity index (χ3v) is 12.5. The molecule has 4 amide bonds. The van der Waals surface area contributed by atoms with Crippen molar-refractivity contribution < 1.29 is 32.7 Å². The summed E-state index contributed by atoms with van der Waals surface area (Å²) >= 11 is 0. The molecular formula is C45H51F2N9O5. The van der Waals surface area contributed by atoms with E-state index in [4.69, 9.17) is 10.1 Å². The first kappa shape index (κ1) is 41.7. The minimum atomic E-state index is -1.03. The van der Waals surface area contributed by atoms with Gasteiger partial charge in [0.2, 0.25) is 17.8 Å². The van der Waals surface area contributed by atoms with Crippen LogP contribution in [0.5, 0.6) is 0 Å². The summed E-state index contributed by atoms with van der Waals surface area (Å²) in [6.07, 6.45) is 4.88. The zero-order chi connectivity index (χ0) is 42.9. The fourth-order valence-electron chi connectivity index (χ4n) is 9.46. The maximum atomic E-state index is 15.2. The van der Waals surface area contributed by atoms with Crippen LogP contribution in [-0.2, 0) is 20.7 Å². The van der Waals surface area contributed by atoms with Crippen molar-refractivity contribution in [3.05, 3.63) is 93.6 Å². The van der Waals surface area contributed by atoms with E-state index in [1.165, 1.54) is 18.3 Å². The number of nitrogens with one attached hydrogen (secondary N) is 4. The number of amides is 4. The molecule has 6 heterocycles. The van der Waals surface area contributed by atoms with Crippen LogP contribution in [-0.4, -0.2) is 103 Å². The van der Waals surface area contributed by atoms with E-state index in [0.29, 0.717) is 78.2 Å². The number of rotatable bonds is 7. The molecule has 5 aliphatic heterocycles. The minimum absolute atomic E-state index is 0.0384. The average molecular weight is 836 g/mol. The van der Waals surface area contributed by atoms with Gasteiger partial charge in [-0.1, -0.05) is 6.92 Å². The van der Waals surface area contributed by atoms with Gasteiger partial charge in [-0.25, -0.2) is 8.78 Å². The Kier molecular flexibility index (Phi) is 12.0. The fourth-order valence-corrected chi connectivity index (χ4v) is 9.46. The molecule has 0 saturated carbocycles. The molecule has 8 rings (SSSR count). The van der Waals surface area contributed by atoms with Crippen LogP contribution in [0.1, 0.15) is 94.6 Å². The number of carbonyl (C=O) groups is 4. The highest BCUT2D eigenvalue weighted by Gasteiger charge is 2.41. The van der Waals surface area contributed by atoms with Gasteiger partial charge in [0, 0.05) is 80.8 Å². The van der Waals surface area contributed by atoms with Crippen LogP contribution in [0.3, 0.4) is 0 Å². The zero-order valence-corrected chi connectivity index (χ0v) is 34.7. The Morgan fingerprint density at radius 2 is 1.82 bits per heavy atom. The normalized spacial score (nSPS) is 25.5. The highest BCUT2D eigenvalue weighted by molar-refractivity contribution is 6.20. The first-order chi connectivity index (χ1) is 29.4. The predicted octanol–water partition coefficient (Wildman–Crippen LogP) is 5.38. The second kappa shape index (κ2) is 17.5. The molecule has 4 atom stereocenters. The van der Waals surface area contributed by atoms with Crippen molar-refractivity contribution in [3.8, 4) is 0 Å². The molecule has 1 aromatic heterocycles. The van der Waals surface area contributed by atoms with Crippen molar-refractivity contribution in [1.29, 1.82) is 5.41 Å². The molecule has 0 radical (unpaired) electrons. The van der Waals surface area contributed by atoms with E-state index in [1.54, 1.807) is 26.1 Å². The second-order valence-electron chi connectivity index (χ2n) is 16.8. The number of aromatic nitrogens is 1. The summed E-state index contributed by atoms with van der Waals surface area (Å²) in [6, 6.07) is 11.5. The van der Waals surface area contributed by atoms with Crippen LogP contribution < -0.4 is 20.9 Å². The van der Waals surface area contributed by atoms with Gasteiger partial charge in [0.15, 0.2) is 5.88 Å². The van der Waals surface area contributed by atoms with Crippen LogP contribution >= 0.6 is 0 Å². The Labute approximate surface area is 353 Å². The number of allylic oxidation sites excluding steroid dienone is 1. The average Bonchev–Trinajstić information content (AvgIpc) is 3.81. The molecule has 3 fully saturated rings. The van der Waals surface area contributed by atoms with Gasteiger partial charge in [0.25, 0.3) is 11.8 Å². The molecule has 3 saturated heterocycles. The number of imide groups is 1. The lowest BCUT2D eigenvalue weighted by Crippen LogP contribution is -2.48. The summed E-state index contributed by atoms with van der Waals surface area (Å²) < 4.78 is 36.4. The maximum absolute atomic E-state index is 15.2. The highest BCUT2D eigenvalue weighted by atomic mass is 19.1. The van der Waals surface area contributed by atoms with Crippen molar-refractivity contribution in [2.24, 2.45) is 16.8 Å². The number of hydrogen-bond donors (Lipinski definition) is 4. The second-order valence-corrected chi connectivity index (χ2v) is 16.8. The van der Waals surface area contributed by atoms with Crippen LogP contribution in [0.4, 0.5) is 20.2 Å². The first-order valence-electron chi connectivity index (χ1n) is 21.1. The summed E-state index contributed by atoms with van der Waals surface area (Å²) in [5.74, 6) is -3.01. The molecular weight excluding hydrogens is 785 g/mol. The number of hydrogen-bond acceptors (Lipinski definition) is 11. The number of likely N-dealkylation sites (tertiary alicyclic amines) is 2. The standard InChI is InChI=1S/C45H51F2N9O5/c1-25-5-4-16-61-43(49-3)32(22-48)36-20-30(17-26(2)50-36)41(58)53-45-51-35-8-6-28(21-38(35)56(45)23-25)44(60)55-15-11-29-24-54(14-12-37(29)55)13-10-27-18-33(46)40(34(47)19-27)31-7-9-39(57)52-42(31)59/h6,8,17-22,25,29,31,37,48-49H,4-5,7,9-16,23-24H2,1-3H3,(H,51,53,58)(H,52,57,59)/b43-32-,48-22?/t25-,29+,31-,37-/m1/s1. The number of guanidine groups is 1. The Morgan fingerprint density at radius 3 is 2.57 bits per heavy atom. The number of pyridine rings is 1. The number of piperidine rings is 2. The third-order valence-electron chi connectivity index (χ3n) is 12.5. The first-order valence-corrected chi connectivity index (χ1v) is 21.1. The summed E-state index contributed by atoms with van der Waals surface area (Å²) in [4.78, 5) is 67.3. The van der Waals surface area contributed by atoms with E-state index in [0.717, 1.165) is 50.1 Å². The van der Waals surface area contributed by atoms with E-state index in [9.17, 15) is 19.2 Å². The molecule has 5 aliphatic rings. The summed E-state index contributed by atoms with van der Waals surface area (Å²) in [6.45, 7) is 7.59. The van der Waals surface area contributed by atoms with Gasteiger partial charge in [-0.15, -0.1) is 0 Å². The molecule has 2 aromatic carbocycles. The SMILES string of the molecule is CN/C1=C(\C=N)c2cc(cc(C)n2)C(=O)/N=C2\Nc3ccc(C(=O)N4CC[C@H]5CN(CCc6cc(F)c([C@H]7CCC(=O)NC7=O)c(F)c6)CC[C@H]54)cc3N2C[C@H](C)CCCO1. The number of nitrogens with zero attached hydrogens (tertiary/aromatic N) is 5. The van der Waals surface area contributed by atoms with Crippen molar-refractivity contribution in [1.82, 2.24) is 25.4 Å². The maximum Gasteiger partial charge on any atom is 0.280 e. The van der Waals surface area contributed by atoms with E-state index >= 15 is 8.78 Å². The van der Waals surface area contributed by atoms with E-state index in [1.807, 2.05) is 28.0 Å². The zero-order valence-electron chi connectivity index (χ0n) is 34.7. The molecule has 2 bridgehead atoms. The molecule has 3 aromatic rings. The Bertz CT molecular complexity index is 2330. The van der Waals surface area contributed by atoms with Crippen LogP contribution in [0.15, 0.2) is 53.3 Å². The smallest absolute Gasteiger partial charge is 0.280 e. The highest BCUT2D eigenvalue weighted by Crippen LogP contribution is 2.38. The Balaban J connectivity index is 0.950. The molecule has 16 heteroatoms. The molecule has 0 aliphatic carbocycles. The summed E-state index contributed by atoms with van der Waals surface area (Å²) in [5, 5.41) is 16.6. The predicted molar refractivity (Wildman–Crippen MR) is 226 cm³/mol. The van der Waals surface area contributed by atoms with Gasteiger partial charge < -0.3 is 35.5 Å². The molecule has 61 heavy (non-hydrogen) atoms. The third kappa shape index (κ3) is 8.63. The van der Waals surface area contributed by atoms with Gasteiger partial charge in [0.05, 0.1) is 35.2 Å². The van der Waals surface area contributed by atoms with Crippen molar-refractivity contribution in [3.63, 3.8) is 0 Å². The summed E-state index contributed by atoms with van der Waals surface area (Å²) in [5.41, 5.74) is 4.05. The van der Waals surface area contributed by atoms with Crippen LogP contribution in [0.2, 0.25) is 0 Å². The van der Waals surface area contributed by atoms with Gasteiger partial charge in [-0.2, -0.15) is 4.99 Å². The number of fused-ring (bicyclic) bond motifs is 6. The van der Waals surface area contributed by atoms with E-state index in [2.05, 4.69) is 37.8 Å². The van der Waals surface area contributed by atoms with Crippen molar-refractivity contribution in [2.45, 2.75) is 70.8 Å². The molecule has 14 nitrogen and oxygen atoms in total. The molecule has 0 spiro atoms. The van der Waals surface area contributed by atoms with Crippen molar-refractivity contribution in [2.75, 3.05) is 56.6 Å². The van der Waals surface area contributed by atoms with Gasteiger partial charge in [-0.05, 0) is 105 Å². The number of aliphatic imine (C=N–C) groups is 1. The largest absolute Gasteiger partial charge is 0.479 e. The number of ether oxygens (including phenoxy) is 1. The number of anilines is 2. The number of aryl methyl sites for hydroxylation is 1.